The van der Waals surface area contributed by atoms with Gasteiger partial charge in [0.2, 0.25) is 5.91 Å². The van der Waals surface area contributed by atoms with E-state index in [0.29, 0.717) is 11.1 Å². The van der Waals surface area contributed by atoms with Crippen LogP contribution >= 0.6 is 11.8 Å². The van der Waals surface area contributed by atoms with Gasteiger partial charge in [-0.1, -0.05) is 19.1 Å². The van der Waals surface area contributed by atoms with Gasteiger partial charge in [-0.25, -0.2) is 4.79 Å². The zero-order valence-electron chi connectivity index (χ0n) is 14.6. The molecule has 1 heterocycles. The monoisotopic (exact) mass is 369 g/mol. The Morgan fingerprint density at radius 2 is 1.96 bits per heavy atom. The number of ether oxygens (including phenoxy) is 1. The Morgan fingerprint density at radius 1 is 1.19 bits per heavy atom. The van der Waals surface area contributed by atoms with E-state index in [1.807, 2.05) is 19.1 Å². The van der Waals surface area contributed by atoms with Crippen LogP contribution in [0.5, 0.6) is 0 Å². The van der Waals surface area contributed by atoms with Gasteiger partial charge in [0.1, 0.15) is 0 Å². The minimum Gasteiger partial charge on any atom is -0.454 e. The number of hydrogen-bond donors (Lipinski definition) is 1. The van der Waals surface area contributed by atoms with Crippen LogP contribution in [-0.4, -0.2) is 30.0 Å². The molecule has 0 radical (unpaired) electrons. The van der Waals surface area contributed by atoms with Gasteiger partial charge in [0.15, 0.2) is 12.4 Å². The summed E-state index contributed by atoms with van der Waals surface area (Å²) in [7, 11) is 0. The standard InChI is InChI=1S/C20H19NO4S/c1-3-26-18-7-5-4-6-14(18)20(24)25-11-17(22)13-8-9-16-15(10-13)12(2)19(23)21-16/h4-10,12H,3,11H2,1-2H3,(H,21,23)/t12-/m1/s1. The third-order valence-electron chi connectivity index (χ3n) is 4.23. The molecule has 0 fully saturated rings. The second-order valence-electron chi connectivity index (χ2n) is 5.94. The Morgan fingerprint density at radius 3 is 2.73 bits per heavy atom. The quantitative estimate of drug-likeness (QED) is 0.475. The smallest absolute Gasteiger partial charge is 0.339 e. The van der Waals surface area contributed by atoms with E-state index in [1.54, 1.807) is 49.0 Å². The number of rotatable bonds is 6. The average Bonchev–Trinajstić information content (AvgIpc) is 2.94. The zero-order valence-corrected chi connectivity index (χ0v) is 15.4. The molecule has 0 spiro atoms. The summed E-state index contributed by atoms with van der Waals surface area (Å²) < 4.78 is 5.21. The number of benzene rings is 2. The summed E-state index contributed by atoms with van der Waals surface area (Å²) in [6.07, 6.45) is 0. The van der Waals surface area contributed by atoms with E-state index in [-0.39, 0.29) is 24.2 Å². The van der Waals surface area contributed by atoms with Crippen molar-refractivity contribution >= 4 is 35.1 Å². The van der Waals surface area contributed by atoms with E-state index in [0.717, 1.165) is 21.9 Å². The molecule has 5 nitrogen and oxygen atoms in total. The lowest BCUT2D eigenvalue weighted by Crippen LogP contribution is -2.15. The molecule has 1 aliphatic rings. The van der Waals surface area contributed by atoms with Crippen LogP contribution in [0.1, 0.15) is 46.0 Å². The van der Waals surface area contributed by atoms with Gasteiger partial charge < -0.3 is 10.1 Å². The lowest BCUT2D eigenvalue weighted by atomic mass is 9.99. The van der Waals surface area contributed by atoms with Crippen LogP contribution in [0.4, 0.5) is 5.69 Å². The number of carbonyl (C=O) groups is 3. The molecule has 0 aromatic heterocycles. The van der Waals surface area contributed by atoms with Crippen molar-refractivity contribution in [2.75, 3.05) is 17.7 Å². The van der Waals surface area contributed by atoms with Crippen molar-refractivity contribution in [2.24, 2.45) is 0 Å². The van der Waals surface area contributed by atoms with Crippen LogP contribution in [0, 0.1) is 0 Å². The van der Waals surface area contributed by atoms with Gasteiger partial charge in [0.05, 0.1) is 11.5 Å². The minimum absolute atomic E-state index is 0.0824. The molecule has 6 heteroatoms. The fourth-order valence-electron chi connectivity index (χ4n) is 2.80. The van der Waals surface area contributed by atoms with Crippen molar-refractivity contribution in [2.45, 2.75) is 24.7 Å². The fraction of sp³-hybridized carbons (Fsp3) is 0.250. The average molecular weight is 369 g/mol. The summed E-state index contributed by atoms with van der Waals surface area (Å²) in [6.45, 7) is 3.46. The molecule has 1 N–H and O–H groups in total. The number of amides is 1. The van der Waals surface area contributed by atoms with Crippen LogP contribution in [0.3, 0.4) is 0 Å². The van der Waals surface area contributed by atoms with Gasteiger partial charge in [-0.15, -0.1) is 11.8 Å². The van der Waals surface area contributed by atoms with Gasteiger partial charge in [-0.05, 0) is 48.6 Å². The molecule has 26 heavy (non-hydrogen) atoms. The molecule has 0 saturated heterocycles. The Kier molecular flexibility index (Phi) is 5.42. The molecular weight excluding hydrogens is 350 g/mol. The highest BCUT2D eigenvalue weighted by molar-refractivity contribution is 7.99. The molecule has 1 amide bonds. The summed E-state index contributed by atoms with van der Waals surface area (Å²) in [5.41, 5.74) is 2.40. The number of esters is 1. The summed E-state index contributed by atoms with van der Waals surface area (Å²) in [5.74, 6) is -0.350. The summed E-state index contributed by atoms with van der Waals surface area (Å²) in [4.78, 5) is 37.2. The van der Waals surface area contributed by atoms with Crippen LogP contribution in [-0.2, 0) is 9.53 Å². The Hall–Kier alpha value is -2.60. The maximum Gasteiger partial charge on any atom is 0.339 e. The highest BCUT2D eigenvalue weighted by atomic mass is 32.2. The second kappa shape index (κ2) is 7.74. The first-order valence-corrected chi connectivity index (χ1v) is 9.36. The lowest BCUT2D eigenvalue weighted by Gasteiger charge is -2.09. The molecule has 0 saturated carbocycles. The van der Waals surface area contributed by atoms with Gasteiger partial charge in [0.25, 0.3) is 0 Å². The minimum atomic E-state index is -0.513. The summed E-state index contributed by atoms with van der Waals surface area (Å²) >= 11 is 1.55. The molecule has 134 valence electrons. The third-order valence-corrected chi connectivity index (χ3v) is 5.19. The van der Waals surface area contributed by atoms with Crippen LogP contribution in [0.2, 0.25) is 0 Å². The van der Waals surface area contributed by atoms with E-state index in [1.165, 1.54) is 0 Å². The number of fused-ring (bicyclic) bond motifs is 1. The number of thioether (sulfide) groups is 1. The van der Waals surface area contributed by atoms with Crippen molar-refractivity contribution in [3.63, 3.8) is 0 Å². The van der Waals surface area contributed by atoms with Gasteiger partial charge in [-0.3, -0.25) is 9.59 Å². The molecule has 0 unspecified atom stereocenters. The molecule has 2 aromatic carbocycles. The van der Waals surface area contributed by atoms with E-state index >= 15 is 0 Å². The maximum atomic E-state index is 12.4. The number of Topliss-reactive ketones (excluding diaryl/α,β-unsaturated/α-hetero) is 1. The SMILES string of the molecule is CCSc1ccccc1C(=O)OCC(=O)c1ccc2c(c1)[C@@H](C)C(=O)N2. The number of hydrogen-bond acceptors (Lipinski definition) is 5. The van der Waals surface area contributed by atoms with Gasteiger partial charge in [0, 0.05) is 16.1 Å². The predicted octanol–water partition coefficient (Wildman–Crippen LogP) is 3.89. The largest absolute Gasteiger partial charge is 0.454 e. The summed E-state index contributed by atoms with van der Waals surface area (Å²) in [5, 5.41) is 2.77. The highest BCUT2D eigenvalue weighted by Gasteiger charge is 2.27. The molecule has 1 aliphatic heterocycles. The van der Waals surface area contributed by atoms with E-state index in [9.17, 15) is 14.4 Å². The zero-order chi connectivity index (χ0) is 18.7. The number of nitrogens with one attached hydrogen (secondary N) is 1. The van der Waals surface area contributed by atoms with Crippen molar-refractivity contribution in [3.05, 3.63) is 59.2 Å². The van der Waals surface area contributed by atoms with Crippen molar-refractivity contribution in [1.29, 1.82) is 0 Å². The van der Waals surface area contributed by atoms with Crippen molar-refractivity contribution < 1.29 is 19.1 Å². The Labute approximate surface area is 156 Å². The number of anilines is 1. The van der Waals surface area contributed by atoms with Crippen LogP contribution in [0.25, 0.3) is 0 Å². The maximum absolute atomic E-state index is 12.4. The van der Waals surface area contributed by atoms with Gasteiger partial charge >= 0.3 is 5.97 Å². The molecule has 1 atom stereocenters. The highest BCUT2D eigenvalue weighted by Crippen LogP contribution is 2.32. The molecule has 0 aliphatic carbocycles. The second-order valence-corrected chi connectivity index (χ2v) is 7.25. The Bertz CT molecular complexity index is 878. The topological polar surface area (TPSA) is 72.5 Å². The first-order chi connectivity index (χ1) is 12.5. The summed E-state index contributed by atoms with van der Waals surface area (Å²) in [6, 6.07) is 12.2. The molecule has 2 aromatic rings. The first kappa shape index (κ1) is 18.2. The van der Waals surface area contributed by atoms with Crippen LogP contribution < -0.4 is 5.32 Å². The number of ketones is 1. The van der Waals surface area contributed by atoms with Gasteiger partial charge in [-0.2, -0.15) is 0 Å². The lowest BCUT2D eigenvalue weighted by molar-refractivity contribution is -0.116. The third kappa shape index (κ3) is 3.65. The fourth-order valence-corrected chi connectivity index (χ4v) is 3.59. The Balaban J connectivity index is 1.68. The first-order valence-electron chi connectivity index (χ1n) is 8.38. The molecule has 3 rings (SSSR count). The van der Waals surface area contributed by atoms with Crippen LogP contribution in [0.15, 0.2) is 47.4 Å². The van der Waals surface area contributed by atoms with Crippen molar-refractivity contribution in [3.8, 4) is 0 Å². The normalized spacial score (nSPS) is 15.3. The molecular formula is C20H19NO4S. The molecule has 0 bridgehead atoms. The van der Waals surface area contributed by atoms with E-state index in [2.05, 4.69) is 5.32 Å². The van der Waals surface area contributed by atoms with Crippen molar-refractivity contribution in [1.82, 2.24) is 0 Å². The predicted molar refractivity (Wildman–Crippen MR) is 101 cm³/mol. The van der Waals surface area contributed by atoms with E-state index in [4.69, 9.17) is 4.74 Å². The van der Waals surface area contributed by atoms with E-state index < -0.39 is 5.97 Å². The number of carbonyl (C=O) groups excluding carboxylic acids is 3.